The molecule has 0 atom stereocenters. The predicted molar refractivity (Wildman–Crippen MR) is 57.7 cm³/mol. The first-order chi connectivity index (χ1) is 7.76. The third kappa shape index (κ3) is 2.56. The largest absolute Gasteiger partial charge is 0.493 e. The number of aldehydes is 1. The fraction of sp³-hybridized carbons (Fsp3) is 0.364. The second-order valence-corrected chi connectivity index (χ2v) is 2.84. The molecule has 1 aromatic rings. The standard InChI is InChI=1S/C11H14O5/c1-13-9-6-8(16-5-4-12)7-10(14-2)11(9)15-3/h4,6-7H,5H2,1-3H3. The highest BCUT2D eigenvalue weighted by Crippen LogP contribution is 2.40. The summed E-state index contributed by atoms with van der Waals surface area (Å²) in [4.78, 5) is 10.2. The summed E-state index contributed by atoms with van der Waals surface area (Å²) in [5.41, 5.74) is 0. The zero-order valence-corrected chi connectivity index (χ0v) is 9.48. The van der Waals surface area contributed by atoms with Crippen molar-refractivity contribution in [3.05, 3.63) is 12.1 Å². The fourth-order valence-electron chi connectivity index (χ4n) is 1.27. The molecular weight excluding hydrogens is 212 g/mol. The topological polar surface area (TPSA) is 54.0 Å². The van der Waals surface area contributed by atoms with Gasteiger partial charge in [-0.05, 0) is 0 Å². The van der Waals surface area contributed by atoms with Gasteiger partial charge in [0.15, 0.2) is 17.8 Å². The van der Waals surface area contributed by atoms with Crippen molar-refractivity contribution in [1.82, 2.24) is 0 Å². The van der Waals surface area contributed by atoms with Gasteiger partial charge in [-0.25, -0.2) is 0 Å². The Labute approximate surface area is 93.9 Å². The Balaban J connectivity index is 3.09. The molecule has 16 heavy (non-hydrogen) atoms. The van der Waals surface area contributed by atoms with Crippen molar-refractivity contribution in [2.24, 2.45) is 0 Å². The van der Waals surface area contributed by atoms with Crippen LogP contribution >= 0.6 is 0 Å². The normalized spacial score (nSPS) is 9.44. The average Bonchev–Trinajstić information content (AvgIpc) is 2.34. The summed E-state index contributed by atoms with van der Waals surface area (Å²) in [6, 6.07) is 3.26. The van der Waals surface area contributed by atoms with Crippen molar-refractivity contribution in [2.45, 2.75) is 0 Å². The molecule has 88 valence electrons. The van der Waals surface area contributed by atoms with Gasteiger partial charge in [-0.15, -0.1) is 0 Å². The van der Waals surface area contributed by atoms with Crippen molar-refractivity contribution < 1.29 is 23.7 Å². The van der Waals surface area contributed by atoms with E-state index in [1.807, 2.05) is 0 Å². The van der Waals surface area contributed by atoms with E-state index in [1.165, 1.54) is 21.3 Å². The van der Waals surface area contributed by atoms with Crippen LogP contribution in [-0.4, -0.2) is 34.2 Å². The second-order valence-electron chi connectivity index (χ2n) is 2.84. The lowest BCUT2D eigenvalue weighted by atomic mass is 10.2. The van der Waals surface area contributed by atoms with Crippen LogP contribution in [0.15, 0.2) is 12.1 Å². The van der Waals surface area contributed by atoms with Crippen molar-refractivity contribution in [2.75, 3.05) is 27.9 Å². The maximum Gasteiger partial charge on any atom is 0.203 e. The minimum absolute atomic E-state index is 0.0152. The first kappa shape index (κ1) is 12.2. The summed E-state index contributed by atoms with van der Waals surface area (Å²) in [6.45, 7) is -0.0152. The number of methoxy groups -OCH3 is 3. The molecule has 0 radical (unpaired) electrons. The van der Waals surface area contributed by atoms with Crippen LogP contribution in [-0.2, 0) is 4.79 Å². The number of benzene rings is 1. The van der Waals surface area contributed by atoms with E-state index in [-0.39, 0.29) is 6.61 Å². The Bertz CT molecular complexity index is 336. The lowest BCUT2D eigenvalue weighted by Crippen LogP contribution is -2.00. The van der Waals surface area contributed by atoms with Gasteiger partial charge in [0.25, 0.3) is 0 Å². The molecule has 0 amide bonds. The maximum atomic E-state index is 10.2. The Morgan fingerprint density at radius 1 is 1.06 bits per heavy atom. The summed E-state index contributed by atoms with van der Waals surface area (Å²) in [6.07, 6.45) is 0.670. The van der Waals surface area contributed by atoms with Crippen LogP contribution in [0.1, 0.15) is 0 Å². The minimum Gasteiger partial charge on any atom is -0.493 e. The number of rotatable bonds is 6. The van der Waals surface area contributed by atoms with Crippen molar-refractivity contribution in [3.8, 4) is 23.0 Å². The molecule has 0 bridgehead atoms. The van der Waals surface area contributed by atoms with Crippen LogP contribution < -0.4 is 18.9 Å². The molecule has 0 unspecified atom stereocenters. The first-order valence-electron chi connectivity index (χ1n) is 4.63. The Morgan fingerprint density at radius 2 is 1.62 bits per heavy atom. The fourth-order valence-corrected chi connectivity index (χ4v) is 1.27. The van der Waals surface area contributed by atoms with Crippen LogP contribution in [0, 0.1) is 0 Å². The van der Waals surface area contributed by atoms with Gasteiger partial charge in [0, 0.05) is 12.1 Å². The molecule has 0 N–H and O–H groups in total. The third-order valence-corrected chi connectivity index (χ3v) is 1.96. The molecule has 0 saturated carbocycles. The van der Waals surface area contributed by atoms with Gasteiger partial charge in [0.1, 0.15) is 12.4 Å². The monoisotopic (exact) mass is 226 g/mol. The van der Waals surface area contributed by atoms with Crippen LogP contribution in [0.3, 0.4) is 0 Å². The van der Waals surface area contributed by atoms with Gasteiger partial charge in [0.05, 0.1) is 21.3 Å². The number of carbonyl (C=O) groups excluding carboxylic acids is 1. The quantitative estimate of drug-likeness (QED) is 0.684. The van der Waals surface area contributed by atoms with Gasteiger partial charge < -0.3 is 18.9 Å². The average molecular weight is 226 g/mol. The molecule has 0 aliphatic carbocycles. The van der Waals surface area contributed by atoms with E-state index in [2.05, 4.69) is 0 Å². The zero-order valence-electron chi connectivity index (χ0n) is 9.48. The molecule has 0 aromatic heterocycles. The SMILES string of the molecule is COc1cc(OCC=O)cc(OC)c1OC. The summed E-state index contributed by atoms with van der Waals surface area (Å²) >= 11 is 0. The van der Waals surface area contributed by atoms with Crippen LogP contribution in [0.5, 0.6) is 23.0 Å². The Kier molecular flexibility index (Phi) is 4.44. The van der Waals surface area contributed by atoms with Gasteiger partial charge >= 0.3 is 0 Å². The highest BCUT2D eigenvalue weighted by atomic mass is 16.5. The summed E-state index contributed by atoms with van der Waals surface area (Å²) < 4.78 is 20.6. The van der Waals surface area contributed by atoms with Crippen molar-refractivity contribution in [1.29, 1.82) is 0 Å². The molecule has 0 heterocycles. The second kappa shape index (κ2) is 5.85. The Hall–Kier alpha value is -1.91. The maximum absolute atomic E-state index is 10.2. The predicted octanol–water partition coefficient (Wildman–Crippen LogP) is 1.29. The molecule has 1 rings (SSSR count). The minimum atomic E-state index is -0.0152. The molecule has 0 aliphatic rings. The summed E-state index contributed by atoms with van der Waals surface area (Å²) in [5.74, 6) is 1.95. The number of hydrogen-bond donors (Lipinski definition) is 0. The van der Waals surface area contributed by atoms with Crippen LogP contribution in [0.4, 0.5) is 0 Å². The van der Waals surface area contributed by atoms with Gasteiger partial charge in [-0.1, -0.05) is 0 Å². The lowest BCUT2D eigenvalue weighted by Gasteiger charge is -2.13. The van der Waals surface area contributed by atoms with Gasteiger partial charge in [-0.2, -0.15) is 0 Å². The van der Waals surface area contributed by atoms with Crippen molar-refractivity contribution >= 4 is 6.29 Å². The van der Waals surface area contributed by atoms with Crippen molar-refractivity contribution in [3.63, 3.8) is 0 Å². The van der Waals surface area contributed by atoms with Gasteiger partial charge in [0.2, 0.25) is 5.75 Å². The van der Waals surface area contributed by atoms with Gasteiger partial charge in [-0.3, -0.25) is 4.79 Å². The van der Waals surface area contributed by atoms with E-state index in [0.29, 0.717) is 29.3 Å². The number of carbonyl (C=O) groups is 1. The molecule has 5 heteroatoms. The van der Waals surface area contributed by atoms with E-state index >= 15 is 0 Å². The summed E-state index contributed by atoms with van der Waals surface area (Å²) in [7, 11) is 4.55. The number of hydrogen-bond acceptors (Lipinski definition) is 5. The van der Waals surface area contributed by atoms with E-state index < -0.39 is 0 Å². The first-order valence-corrected chi connectivity index (χ1v) is 4.63. The molecule has 5 nitrogen and oxygen atoms in total. The van der Waals surface area contributed by atoms with Crippen LogP contribution in [0.25, 0.3) is 0 Å². The highest BCUT2D eigenvalue weighted by molar-refractivity contribution is 5.57. The van der Waals surface area contributed by atoms with E-state index in [0.717, 1.165) is 0 Å². The zero-order chi connectivity index (χ0) is 12.0. The Morgan fingerprint density at radius 3 is 2.00 bits per heavy atom. The highest BCUT2D eigenvalue weighted by Gasteiger charge is 2.13. The molecule has 0 aliphatic heterocycles. The van der Waals surface area contributed by atoms with E-state index in [1.54, 1.807) is 12.1 Å². The van der Waals surface area contributed by atoms with E-state index in [4.69, 9.17) is 18.9 Å². The van der Waals surface area contributed by atoms with E-state index in [9.17, 15) is 4.79 Å². The summed E-state index contributed by atoms with van der Waals surface area (Å²) in [5, 5.41) is 0. The molecular formula is C11H14O5. The van der Waals surface area contributed by atoms with Crippen LogP contribution in [0.2, 0.25) is 0 Å². The third-order valence-electron chi connectivity index (χ3n) is 1.96. The molecule has 1 aromatic carbocycles. The smallest absolute Gasteiger partial charge is 0.203 e. The molecule has 0 saturated heterocycles. The molecule has 0 spiro atoms. The lowest BCUT2D eigenvalue weighted by molar-refractivity contribution is -0.109. The number of ether oxygens (including phenoxy) is 4. The molecule has 0 fully saturated rings.